The molecule has 20 heavy (non-hydrogen) atoms. The molecule has 1 unspecified atom stereocenters. The quantitative estimate of drug-likeness (QED) is 0.805. The molecule has 2 rings (SSSR count). The number of hydrogen-bond acceptors (Lipinski definition) is 3. The van der Waals surface area contributed by atoms with E-state index in [1.54, 1.807) is 0 Å². The second-order valence-corrected chi connectivity index (χ2v) is 6.66. The number of amides is 1. The van der Waals surface area contributed by atoms with Crippen LogP contribution in [0.5, 0.6) is 0 Å². The van der Waals surface area contributed by atoms with Gasteiger partial charge in [-0.15, -0.1) is 11.8 Å². The van der Waals surface area contributed by atoms with E-state index in [-0.39, 0.29) is 5.91 Å². The number of likely N-dealkylation sites (N-methyl/N-ethyl adjacent to an activating group) is 2. The second-order valence-electron chi connectivity index (χ2n) is 5.31. The Morgan fingerprint density at radius 2 is 2.00 bits per heavy atom. The van der Waals surface area contributed by atoms with Crippen molar-refractivity contribution in [3.05, 3.63) is 29.8 Å². The third kappa shape index (κ3) is 3.76. The minimum absolute atomic E-state index is 0.234. The number of benzene rings is 1. The monoisotopic (exact) mass is 292 g/mol. The second kappa shape index (κ2) is 7.14. The molecular weight excluding hydrogens is 268 g/mol. The number of thioether (sulfide) groups is 1. The van der Waals surface area contributed by atoms with Crippen molar-refractivity contribution in [2.75, 3.05) is 33.2 Å². The van der Waals surface area contributed by atoms with Crippen LogP contribution in [0.2, 0.25) is 0 Å². The standard InChI is InChI=1S/C16H24N2OS/c1-4-18(5-2)16(19)12-17(3)11-14-10-13-8-6-7-9-15(13)20-14/h6-9,14H,4-5,10-12H2,1-3H3. The molecular formula is C16H24N2OS. The van der Waals surface area contributed by atoms with E-state index < -0.39 is 0 Å². The van der Waals surface area contributed by atoms with E-state index >= 15 is 0 Å². The van der Waals surface area contributed by atoms with E-state index in [4.69, 9.17) is 0 Å². The molecule has 4 heteroatoms. The summed E-state index contributed by atoms with van der Waals surface area (Å²) in [6.45, 7) is 7.15. The third-order valence-corrected chi connectivity index (χ3v) is 5.05. The molecule has 0 bridgehead atoms. The van der Waals surface area contributed by atoms with E-state index in [9.17, 15) is 4.79 Å². The number of carbonyl (C=O) groups excluding carboxylic acids is 1. The summed E-state index contributed by atoms with van der Waals surface area (Å²) >= 11 is 1.94. The largest absolute Gasteiger partial charge is 0.342 e. The fourth-order valence-corrected chi connectivity index (χ4v) is 4.09. The van der Waals surface area contributed by atoms with Crippen molar-refractivity contribution >= 4 is 17.7 Å². The minimum atomic E-state index is 0.234. The Morgan fingerprint density at radius 3 is 2.65 bits per heavy atom. The zero-order valence-electron chi connectivity index (χ0n) is 12.6. The van der Waals surface area contributed by atoms with Crippen LogP contribution in [-0.2, 0) is 11.2 Å². The predicted octanol–water partition coefficient (Wildman–Crippen LogP) is 2.50. The average Bonchev–Trinajstić information content (AvgIpc) is 2.81. The van der Waals surface area contributed by atoms with Gasteiger partial charge in [-0.2, -0.15) is 0 Å². The van der Waals surface area contributed by atoms with Gasteiger partial charge in [-0.3, -0.25) is 9.69 Å². The highest BCUT2D eigenvalue weighted by molar-refractivity contribution is 8.00. The van der Waals surface area contributed by atoms with Crippen molar-refractivity contribution in [3.8, 4) is 0 Å². The molecule has 0 radical (unpaired) electrons. The van der Waals surface area contributed by atoms with Crippen LogP contribution < -0.4 is 0 Å². The molecule has 110 valence electrons. The van der Waals surface area contributed by atoms with Crippen LogP contribution >= 0.6 is 11.8 Å². The van der Waals surface area contributed by atoms with Gasteiger partial charge in [0.1, 0.15) is 0 Å². The highest BCUT2D eigenvalue weighted by Gasteiger charge is 2.23. The Hall–Kier alpha value is -1.00. The predicted molar refractivity (Wildman–Crippen MR) is 85.2 cm³/mol. The lowest BCUT2D eigenvalue weighted by atomic mass is 10.1. The number of fused-ring (bicyclic) bond motifs is 1. The van der Waals surface area contributed by atoms with E-state index in [0.717, 1.165) is 26.1 Å². The van der Waals surface area contributed by atoms with Gasteiger partial charge < -0.3 is 4.90 Å². The summed E-state index contributed by atoms with van der Waals surface area (Å²) in [5, 5.41) is 0.571. The van der Waals surface area contributed by atoms with Crippen LogP contribution in [0.15, 0.2) is 29.2 Å². The lowest BCUT2D eigenvalue weighted by Crippen LogP contribution is -2.40. The van der Waals surface area contributed by atoms with Gasteiger partial charge >= 0.3 is 0 Å². The summed E-state index contributed by atoms with van der Waals surface area (Å²) in [5.74, 6) is 0.234. The van der Waals surface area contributed by atoms with Gasteiger partial charge in [-0.25, -0.2) is 0 Å². The number of nitrogens with zero attached hydrogens (tertiary/aromatic N) is 2. The van der Waals surface area contributed by atoms with Gasteiger partial charge in [0.2, 0.25) is 5.91 Å². The zero-order chi connectivity index (χ0) is 14.5. The number of carbonyl (C=O) groups is 1. The Kier molecular flexibility index (Phi) is 5.49. The highest BCUT2D eigenvalue weighted by atomic mass is 32.2. The molecule has 1 amide bonds. The lowest BCUT2D eigenvalue weighted by Gasteiger charge is -2.24. The van der Waals surface area contributed by atoms with Gasteiger partial charge in [0.05, 0.1) is 6.54 Å². The molecule has 1 aromatic carbocycles. The van der Waals surface area contributed by atoms with Crippen molar-refractivity contribution in [1.82, 2.24) is 9.80 Å². The maximum absolute atomic E-state index is 12.1. The molecule has 1 atom stereocenters. The summed E-state index contributed by atoms with van der Waals surface area (Å²) in [7, 11) is 2.05. The maximum atomic E-state index is 12.1. The molecule has 1 aliphatic heterocycles. The Balaban J connectivity index is 1.82. The number of rotatable bonds is 6. The molecule has 3 nitrogen and oxygen atoms in total. The molecule has 0 aliphatic carbocycles. The summed E-state index contributed by atoms with van der Waals surface area (Å²) in [4.78, 5) is 17.5. The Labute approximate surface area is 126 Å². The Bertz CT molecular complexity index is 435. The summed E-state index contributed by atoms with van der Waals surface area (Å²) in [6.07, 6.45) is 1.12. The maximum Gasteiger partial charge on any atom is 0.236 e. The molecule has 0 saturated carbocycles. The molecule has 1 aliphatic rings. The van der Waals surface area contributed by atoms with Gasteiger partial charge in [0, 0.05) is 29.8 Å². The van der Waals surface area contributed by atoms with Gasteiger partial charge in [-0.05, 0) is 38.9 Å². The average molecular weight is 292 g/mol. The van der Waals surface area contributed by atoms with Crippen LogP contribution in [0.1, 0.15) is 19.4 Å². The van der Waals surface area contributed by atoms with Gasteiger partial charge in [0.15, 0.2) is 0 Å². The molecule has 0 N–H and O–H groups in total. The fourth-order valence-electron chi connectivity index (χ4n) is 2.68. The first-order chi connectivity index (χ1) is 9.63. The van der Waals surface area contributed by atoms with E-state index in [1.807, 2.05) is 37.6 Å². The van der Waals surface area contributed by atoms with Crippen LogP contribution in [-0.4, -0.2) is 54.2 Å². The topological polar surface area (TPSA) is 23.6 Å². The van der Waals surface area contributed by atoms with Crippen molar-refractivity contribution in [2.45, 2.75) is 30.4 Å². The highest BCUT2D eigenvalue weighted by Crippen LogP contribution is 2.36. The smallest absolute Gasteiger partial charge is 0.236 e. The first-order valence-electron chi connectivity index (χ1n) is 7.34. The van der Waals surface area contributed by atoms with Crippen LogP contribution in [0, 0.1) is 0 Å². The number of hydrogen-bond donors (Lipinski definition) is 0. The molecule has 0 saturated heterocycles. The van der Waals surface area contributed by atoms with Crippen molar-refractivity contribution < 1.29 is 4.79 Å². The van der Waals surface area contributed by atoms with E-state index in [1.165, 1.54) is 10.5 Å². The van der Waals surface area contributed by atoms with E-state index in [0.29, 0.717) is 11.8 Å². The SMILES string of the molecule is CCN(CC)C(=O)CN(C)CC1Cc2ccccc2S1. The van der Waals surface area contributed by atoms with Crippen molar-refractivity contribution in [1.29, 1.82) is 0 Å². The van der Waals surface area contributed by atoms with Gasteiger partial charge in [-0.1, -0.05) is 18.2 Å². The van der Waals surface area contributed by atoms with E-state index in [2.05, 4.69) is 29.2 Å². The van der Waals surface area contributed by atoms with Crippen LogP contribution in [0.4, 0.5) is 0 Å². The summed E-state index contributed by atoms with van der Waals surface area (Å²) in [5.41, 5.74) is 1.45. The first kappa shape index (κ1) is 15.4. The first-order valence-corrected chi connectivity index (χ1v) is 8.22. The molecule has 1 heterocycles. The summed E-state index contributed by atoms with van der Waals surface area (Å²) < 4.78 is 0. The van der Waals surface area contributed by atoms with Crippen molar-refractivity contribution in [2.24, 2.45) is 0 Å². The normalized spacial score (nSPS) is 17.3. The van der Waals surface area contributed by atoms with Crippen molar-refractivity contribution in [3.63, 3.8) is 0 Å². The van der Waals surface area contributed by atoms with Gasteiger partial charge in [0.25, 0.3) is 0 Å². The Morgan fingerprint density at radius 1 is 1.30 bits per heavy atom. The summed E-state index contributed by atoms with van der Waals surface area (Å²) in [6, 6.07) is 8.61. The molecule has 0 fully saturated rings. The molecule has 0 spiro atoms. The molecule has 0 aromatic heterocycles. The third-order valence-electron chi connectivity index (χ3n) is 3.75. The molecule has 1 aromatic rings. The fraction of sp³-hybridized carbons (Fsp3) is 0.562. The van der Waals surface area contributed by atoms with Crippen LogP contribution in [0.25, 0.3) is 0 Å². The minimum Gasteiger partial charge on any atom is -0.342 e. The lowest BCUT2D eigenvalue weighted by molar-refractivity contribution is -0.131. The van der Waals surface area contributed by atoms with Crippen LogP contribution in [0.3, 0.4) is 0 Å². The zero-order valence-corrected chi connectivity index (χ0v) is 13.4.